The minimum atomic E-state index is -4.69. The first-order valence-electron chi connectivity index (χ1n) is 10.8. The molecule has 11 heteroatoms. The van der Waals surface area contributed by atoms with E-state index in [1.165, 1.54) is 31.2 Å². The third-order valence-electron chi connectivity index (χ3n) is 6.07. The van der Waals surface area contributed by atoms with Gasteiger partial charge in [-0.3, -0.25) is 9.35 Å². The van der Waals surface area contributed by atoms with Crippen molar-refractivity contribution in [2.75, 3.05) is 18.4 Å². The molecule has 1 saturated heterocycles. The third-order valence-corrected chi connectivity index (χ3v) is 7.20. The number of piperidine rings is 1. The van der Waals surface area contributed by atoms with E-state index in [0.717, 1.165) is 17.8 Å². The molecule has 35 heavy (non-hydrogen) atoms. The Hall–Kier alpha value is -3.08. The van der Waals surface area contributed by atoms with Crippen LogP contribution in [0.25, 0.3) is 0 Å². The van der Waals surface area contributed by atoms with Gasteiger partial charge in [0.1, 0.15) is 11.6 Å². The van der Waals surface area contributed by atoms with Crippen LogP contribution in [0, 0.1) is 18.6 Å². The van der Waals surface area contributed by atoms with Crippen molar-refractivity contribution in [2.45, 2.75) is 30.7 Å². The standard InChI is InChI=1S/C24H22ClF2N3O4S/c1-14-22(29-21-7-4-17(25)12-20(21)27)19(13-28-23(14)35(32,33)34)24(31)30-10-8-16(9-11-30)15-2-5-18(26)6-3-15/h2-7,12-13,16H,8-11H2,1H3,(H,28,29)(H,32,33,34). The van der Waals surface area contributed by atoms with Crippen molar-refractivity contribution >= 4 is 39.0 Å². The van der Waals surface area contributed by atoms with Crippen molar-refractivity contribution in [3.05, 3.63) is 82.0 Å². The van der Waals surface area contributed by atoms with Gasteiger partial charge in [0.15, 0.2) is 5.03 Å². The number of hydrogen-bond donors (Lipinski definition) is 2. The number of carbonyl (C=O) groups is 1. The SMILES string of the molecule is Cc1c(S(=O)(=O)O)ncc(C(=O)N2CCC(c3ccc(F)cc3)CC2)c1Nc1ccc(Cl)cc1F. The fourth-order valence-electron chi connectivity index (χ4n) is 4.22. The van der Waals surface area contributed by atoms with Crippen molar-refractivity contribution in [1.82, 2.24) is 9.88 Å². The second kappa shape index (κ2) is 9.88. The smallest absolute Gasteiger partial charge is 0.312 e. The van der Waals surface area contributed by atoms with E-state index in [-0.39, 0.29) is 39.3 Å². The van der Waals surface area contributed by atoms with Gasteiger partial charge in [-0.1, -0.05) is 23.7 Å². The minimum absolute atomic E-state index is 0.0134. The molecule has 2 N–H and O–H groups in total. The Kier molecular flexibility index (Phi) is 7.07. The zero-order valence-electron chi connectivity index (χ0n) is 18.6. The summed E-state index contributed by atoms with van der Waals surface area (Å²) in [6.45, 7) is 2.19. The molecular formula is C24H22ClF2N3O4S. The van der Waals surface area contributed by atoms with E-state index in [9.17, 15) is 26.5 Å². The number of nitrogens with zero attached hydrogens (tertiary/aromatic N) is 2. The average Bonchev–Trinajstić information content (AvgIpc) is 2.81. The monoisotopic (exact) mass is 521 g/mol. The summed E-state index contributed by atoms with van der Waals surface area (Å²) in [5, 5.41) is 2.30. The molecule has 0 bridgehead atoms. The largest absolute Gasteiger partial charge is 0.352 e. The van der Waals surface area contributed by atoms with Crippen molar-refractivity contribution in [3.8, 4) is 0 Å². The van der Waals surface area contributed by atoms with Gasteiger partial charge in [-0.15, -0.1) is 0 Å². The molecule has 2 aromatic carbocycles. The summed E-state index contributed by atoms with van der Waals surface area (Å²) in [5.41, 5.74) is 0.973. The van der Waals surface area contributed by atoms with Gasteiger partial charge in [0.25, 0.3) is 5.91 Å². The Morgan fingerprint density at radius 1 is 1.14 bits per heavy atom. The first kappa shape index (κ1) is 25.0. The quantitative estimate of drug-likeness (QED) is 0.440. The fourth-order valence-corrected chi connectivity index (χ4v) is 5.06. The maximum absolute atomic E-state index is 14.5. The van der Waals surface area contributed by atoms with E-state index in [2.05, 4.69) is 10.3 Å². The van der Waals surface area contributed by atoms with Crippen LogP contribution in [0.15, 0.2) is 53.7 Å². The van der Waals surface area contributed by atoms with Gasteiger partial charge in [0.2, 0.25) is 0 Å². The topological polar surface area (TPSA) is 99.6 Å². The third kappa shape index (κ3) is 5.44. The van der Waals surface area contributed by atoms with Gasteiger partial charge in [-0.25, -0.2) is 13.8 Å². The maximum Gasteiger partial charge on any atom is 0.312 e. The molecule has 184 valence electrons. The highest BCUT2D eigenvalue weighted by molar-refractivity contribution is 7.85. The van der Waals surface area contributed by atoms with E-state index in [1.807, 2.05) is 0 Å². The highest BCUT2D eigenvalue weighted by atomic mass is 35.5. The molecule has 7 nitrogen and oxygen atoms in total. The van der Waals surface area contributed by atoms with Crippen LogP contribution in [0.5, 0.6) is 0 Å². The number of pyridine rings is 1. The Morgan fingerprint density at radius 3 is 2.40 bits per heavy atom. The van der Waals surface area contributed by atoms with Crippen LogP contribution >= 0.6 is 11.6 Å². The number of nitrogens with one attached hydrogen (secondary N) is 1. The number of anilines is 2. The van der Waals surface area contributed by atoms with Crippen molar-refractivity contribution in [3.63, 3.8) is 0 Å². The summed E-state index contributed by atoms with van der Waals surface area (Å²) in [6, 6.07) is 10.2. The number of hydrogen-bond acceptors (Lipinski definition) is 5. The van der Waals surface area contributed by atoms with E-state index in [1.54, 1.807) is 17.0 Å². The van der Waals surface area contributed by atoms with E-state index in [4.69, 9.17) is 11.6 Å². The molecule has 0 radical (unpaired) electrons. The summed E-state index contributed by atoms with van der Waals surface area (Å²) in [5.74, 6) is -1.27. The van der Waals surface area contributed by atoms with Crippen LogP contribution in [-0.4, -0.2) is 41.9 Å². The van der Waals surface area contributed by atoms with Gasteiger partial charge < -0.3 is 10.2 Å². The normalized spacial score (nSPS) is 14.7. The summed E-state index contributed by atoms with van der Waals surface area (Å²) in [7, 11) is -4.69. The molecule has 1 fully saturated rings. The zero-order valence-corrected chi connectivity index (χ0v) is 20.2. The van der Waals surface area contributed by atoms with Crippen LogP contribution in [0.3, 0.4) is 0 Å². The van der Waals surface area contributed by atoms with Crippen molar-refractivity contribution in [2.24, 2.45) is 0 Å². The van der Waals surface area contributed by atoms with Gasteiger partial charge in [-0.05, 0) is 61.6 Å². The number of halogens is 3. The summed E-state index contributed by atoms with van der Waals surface area (Å²) < 4.78 is 60.9. The lowest BCUT2D eigenvalue weighted by Gasteiger charge is -2.33. The number of aromatic nitrogens is 1. The second-order valence-corrected chi connectivity index (χ2v) is 10.1. The molecular weight excluding hydrogens is 500 g/mol. The van der Waals surface area contributed by atoms with Crippen LogP contribution < -0.4 is 5.32 Å². The molecule has 1 amide bonds. The molecule has 3 aromatic rings. The summed E-state index contributed by atoms with van der Waals surface area (Å²) in [4.78, 5) is 18.8. The molecule has 0 aliphatic carbocycles. The van der Waals surface area contributed by atoms with E-state index in [0.29, 0.717) is 25.9 Å². The molecule has 1 aliphatic heterocycles. The number of likely N-dealkylation sites (tertiary alicyclic amines) is 1. The number of amides is 1. The molecule has 0 spiro atoms. The van der Waals surface area contributed by atoms with E-state index >= 15 is 0 Å². The molecule has 1 aromatic heterocycles. The molecule has 0 unspecified atom stereocenters. The lowest BCUT2D eigenvalue weighted by atomic mass is 9.89. The Morgan fingerprint density at radius 2 is 1.80 bits per heavy atom. The molecule has 0 atom stereocenters. The summed E-state index contributed by atoms with van der Waals surface area (Å²) in [6.07, 6.45) is 2.36. The first-order valence-corrected chi connectivity index (χ1v) is 12.6. The van der Waals surface area contributed by atoms with Gasteiger partial charge in [0, 0.05) is 29.9 Å². The van der Waals surface area contributed by atoms with Gasteiger partial charge in [0.05, 0.1) is 16.9 Å². The van der Waals surface area contributed by atoms with Crippen LogP contribution in [0.2, 0.25) is 5.02 Å². The number of carbonyl (C=O) groups excluding carboxylic acids is 1. The zero-order chi connectivity index (χ0) is 25.3. The Bertz CT molecular complexity index is 1380. The lowest BCUT2D eigenvalue weighted by Crippen LogP contribution is -2.38. The summed E-state index contributed by atoms with van der Waals surface area (Å²) >= 11 is 5.81. The molecule has 1 aliphatic rings. The fraction of sp³-hybridized carbons (Fsp3) is 0.250. The molecule has 0 saturated carbocycles. The highest BCUT2D eigenvalue weighted by Crippen LogP contribution is 2.33. The van der Waals surface area contributed by atoms with E-state index < -0.39 is 26.9 Å². The second-order valence-electron chi connectivity index (χ2n) is 8.32. The number of rotatable bonds is 5. The predicted octanol–water partition coefficient (Wildman–Crippen LogP) is 5.33. The maximum atomic E-state index is 14.5. The minimum Gasteiger partial charge on any atom is -0.352 e. The Labute approximate surface area is 206 Å². The predicted molar refractivity (Wildman–Crippen MR) is 128 cm³/mol. The lowest BCUT2D eigenvalue weighted by molar-refractivity contribution is 0.0713. The van der Waals surface area contributed by atoms with Crippen molar-refractivity contribution < 1.29 is 26.5 Å². The first-order chi connectivity index (χ1) is 16.5. The van der Waals surface area contributed by atoms with Crippen LogP contribution in [0.4, 0.5) is 20.2 Å². The Balaban J connectivity index is 1.63. The van der Waals surface area contributed by atoms with Gasteiger partial charge >= 0.3 is 10.1 Å². The van der Waals surface area contributed by atoms with Gasteiger partial charge in [-0.2, -0.15) is 8.42 Å². The number of benzene rings is 2. The average molecular weight is 522 g/mol. The highest BCUT2D eigenvalue weighted by Gasteiger charge is 2.29. The van der Waals surface area contributed by atoms with Crippen LogP contribution in [-0.2, 0) is 10.1 Å². The van der Waals surface area contributed by atoms with Crippen molar-refractivity contribution in [1.29, 1.82) is 0 Å². The van der Waals surface area contributed by atoms with Crippen LogP contribution in [0.1, 0.15) is 40.2 Å². The molecule has 2 heterocycles. The molecule has 4 rings (SSSR count).